The number of carbonyl (C=O) groups is 1. The molecule has 0 bridgehead atoms. The van der Waals surface area contributed by atoms with E-state index in [-0.39, 0.29) is 12.5 Å². The number of ether oxygens (including phenoxy) is 1. The van der Waals surface area contributed by atoms with Crippen LogP contribution < -0.4 is 5.73 Å². The van der Waals surface area contributed by atoms with Gasteiger partial charge in [-0.3, -0.25) is 4.79 Å². The summed E-state index contributed by atoms with van der Waals surface area (Å²) in [5.41, 5.74) is 4.93. The second-order valence-corrected chi connectivity index (χ2v) is 3.94. The molecule has 0 saturated carbocycles. The number of aliphatic carboxylic acids is 1. The van der Waals surface area contributed by atoms with Crippen LogP contribution in [-0.2, 0) is 9.53 Å². The van der Waals surface area contributed by atoms with E-state index in [2.05, 4.69) is 0 Å². The molecule has 3 N–H and O–H groups in total. The van der Waals surface area contributed by atoms with Gasteiger partial charge in [0.15, 0.2) is 0 Å². The van der Waals surface area contributed by atoms with Crippen molar-refractivity contribution in [3.8, 4) is 0 Å². The van der Waals surface area contributed by atoms with Crippen molar-refractivity contribution >= 4 is 5.97 Å². The quantitative estimate of drug-likeness (QED) is 0.653. The highest BCUT2D eigenvalue weighted by Gasteiger charge is 2.22. The molecule has 0 aromatic heterocycles. The Morgan fingerprint density at radius 1 is 1.62 bits per heavy atom. The Morgan fingerprint density at radius 3 is 2.54 bits per heavy atom. The van der Waals surface area contributed by atoms with E-state index in [1.165, 1.54) is 0 Å². The predicted molar refractivity (Wildman–Crippen MR) is 50.6 cm³/mol. The van der Waals surface area contributed by atoms with E-state index in [9.17, 15) is 4.79 Å². The molecule has 1 unspecified atom stereocenters. The van der Waals surface area contributed by atoms with Gasteiger partial charge < -0.3 is 15.6 Å². The lowest BCUT2D eigenvalue weighted by molar-refractivity contribution is -0.143. The largest absolute Gasteiger partial charge is 0.481 e. The SMILES string of the molecule is CC(N)CCOC(C)(C)CC(=O)O. The summed E-state index contributed by atoms with van der Waals surface area (Å²) < 4.78 is 5.39. The van der Waals surface area contributed by atoms with Crippen LogP contribution in [0.4, 0.5) is 0 Å². The van der Waals surface area contributed by atoms with Crippen molar-refractivity contribution in [1.82, 2.24) is 0 Å². The van der Waals surface area contributed by atoms with Crippen LogP contribution in [0.15, 0.2) is 0 Å². The highest BCUT2D eigenvalue weighted by molar-refractivity contribution is 5.67. The van der Waals surface area contributed by atoms with Gasteiger partial charge in [0.2, 0.25) is 0 Å². The normalized spacial score (nSPS) is 14.2. The van der Waals surface area contributed by atoms with Crippen molar-refractivity contribution in [2.45, 2.75) is 45.3 Å². The van der Waals surface area contributed by atoms with Crippen molar-refractivity contribution in [2.75, 3.05) is 6.61 Å². The van der Waals surface area contributed by atoms with Crippen molar-refractivity contribution in [3.05, 3.63) is 0 Å². The zero-order valence-corrected chi connectivity index (χ0v) is 8.54. The van der Waals surface area contributed by atoms with E-state index >= 15 is 0 Å². The van der Waals surface area contributed by atoms with Gasteiger partial charge in [-0.25, -0.2) is 0 Å². The van der Waals surface area contributed by atoms with Crippen LogP contribution in [0.5, 0.6) is 0 Å². The lowest BCUT2D eigenvalue weighted by Crippen LogP contribution is -2.30. The Labute approximate surface area is 79.1 Å². The fraction of sp³-hybridized carbons (Fsp3) is 0.889. The van der Waals surface area contributed by atoms with Crippen molar-refractivity contribution in [1.29, 1.82) is 0 Å². The maximum atomic E-state index is 10.4. The molecule has 0 aliphatic heterocycles. The Hall–Kier alpha value is -0.610. The van der Waals surface area contributed by atoms with Gasteiger partial charge in [-0.15, -0.1) is 0 Å². The summed E-state index contributed by atoms with van der Waals surface area (Å²) in [6.07, 6.45) is 0.773. The van der Waals surface area contributed by atoms with Gasteiger partial charge in [0.1, 0.15) is 0 Å². The predicted octanol–water partition coefficient (Wildman–Crippen LogP) is 0.994. The molecule has 0 amide bonds. The summed E-state index contributed by atoms with van der Waals surface area (Å²) >= 11 is 0. The maximum absolute atomic E-state index is 10.4. The smallest absolute Gasteiger partial charge is 0.306 e. The number of rotatable bonds is 6. The molecule has 0 aromatic carbocycles. The molecule has 0 radical (unpaired) electrons. The van der Waals surface area contributed by atoms with E-state index < -0.39 is 11.6 Å². The fourth-order valence-electron chi connectivity index (χ4n) is 0.936. The van der Waals surface area contributed by atoms with Crippen LogP contribution in [0.1, 0.15) is 33.6 Å². The first-order valence-electron chi connectivity index (χ1n) is 4.45. The standard InChI is InChI=1S/C9H19NO3/c1-7(10)4-5-13-9(2,3)6-8(11)12/h7H,4-6,10H2,1-3H3,(H,11,12). The highest BCUT2D eigenvalue weighted by Crippen LogP contribution is 2.14. The molecule has 0 rings (SSSR count). The first kappa shape index (κ1) is 12.4. The zero-order valence-electron chi connectivity index (χ0n) is 8.54. The lowest BCUT2D eigenvalue weighted by atomic mass is 10.1. The zero-order chi connectivity index (χ0) is 10.5. The van der Waals surface area contributed by atoms with E-state index in [1.54, 1.807) is 13.8 Å². The number of hydrogen-bond donors (Lipinski definition) is 2. The molecular formula is C9H19NO3. The molecule has 78 valence electrons. The monoisotopic (exact) mass is 189 g/mol. The Balaban J connectivity index is 3.69. The summed E-state index contributed by atoms with van der Waals surface area (Å²) in [6.45, 7) is 5.94. The molecule has 0 aliphatic rings. The van der Waals surface area contributed by atoms with Crippen LogP contribution in [0.3, 0.4) is 0 Å². The summed E-state index contributed by atoms with van der Waals surface area (Å²) in [4.78, 5) is 10.4. The lowest BCUT2D eigenvalue weighted by Gasteiger charge is -2.23. The third kappa shape index (κ3) is 7.74. The maximum Gasteiger partial charge on any atom is 0.306 e. The molecule has 4 heteroatoms. The van der Waals surface area contributed by atoms with Crippen LogP contribution in [0.2, 0.25) is 0 Å². The summed E-state index contributed by atoms with van der Waals surface area (Å²) in [6, 6.07) is 0.0978. The minimum absolute atomic E-state index is 0.0198. The number of hydrogen-bond acceptors (Lipinski definition) is 3. The molecule has 0 aliphatic carbocycles. The molecule has 0 saturated heterocycles. The molecule has 4 nitrogen and oxygen atoms in total. The Bertz CT molecular complexity index is 166. The van der Waals surface area contributed by atoms with Crippen molar-refractivity contribution < 1.29 is 14.6 Å². The van der Waals surface area contributed by atoms with Crippen molar-refractivity contribution in [3.63, 3.8) is 0 Å². The molecular weight excluding hydrogens is 170 g/mol. The highest BCUT2D eigenvalue weighted by atomic mass is 16.5. The molecule has 0 heterocycles. The van der Waals surface area contributed by atoms with E-state index in [4.69, 9.17) is 15.6 Å². The van der Waals surface area contributed by atoms with Gasteiger partial charge in [-0.2, -0.15) is 0 Å². The Kier molecular flexibility index (Phi) is 4.95. The molecule has 1 atom stereocenters. The summed E-state index contributed by atoms with van der Waals surface area (Å²) in [5.74, 6) is -0.842. The number of nitrogens with two attached hydrogens (primary N) is 1. The first-order valence-corrected chi connectivity index (χ1v) is 4.45. The van der Waals surface area contributed by atoms with Crippen LogP contribution >= 0.6 is 0 Å². The van der Waals surface area contributed by atoms with Gasteiger partial charge in [0.25, 0.3) is 0 Å². The first-order chi connectivity index (χ1) is 5.83. The average Bonchev–Trinajstić information content (AvgIpc) is 1.81. The average molecular weight is 189 g/mol. The fourth-order valence-corrected chi connectivity index (χ4v) is 0.936. The molecule has 0 fully saturated rings. The van der Waals surface area contributed by atoms with Crippen LogP contribution in [-0.4, -0.2) is 29.3 Å². The minimum atomic E-state index is -0.842. The number of carboxylic acids is 1. The second-order valence-electron chi connectivity index (χ2n) is 3.94. The van der Waals surface area contributed by atoms with Gasteiger partial charge >= 0.3 is 5.97 Å². The van der Waals surface area contributed by atoms with E-state index in [0.717, 1.165) is 6.42 Å². The molecule has 0 aromatic rings. The van der Waals surface area contributed by atoms with E-state index in [0.29, 0.717) is 6.61 Å². The van der Waals surface area contributed by atoms with Gasteiger partial charge in [0.05, 0.1) is 12.0 Å². The summed E-state index contributed by atoms with van der Waals surface area (Å²) in [7, 11) is 0. The van der Waals surface area contributed by atoms with E-state index in [1.807, 2.05) is 6.92 Å². The topological polar surface area (TPSA) is 72.5 Å². The van der Waals surface area contributed by atoms with Crippen LogP contribution in [0.25, 0.3) is 0 Å². The minimum Gasteiger partial charge on any atom is -0.481 e. The van der Waals surface area contributed by atoms with Gasteiger partial charge in [0, 0.05) is 12.6 Å². The van der Waals surface area contributed by atoms with Gasteiger partial charge in [-0.05, 0) is 27.2 Å². The number of carboxylic acid groups (broad SMARTS) is 1. The van der Waals surface area contributed by atoms with Gasteiger partial charge in [-0.1, -0.05) is 0 Å². The third-order valence-electron chi connectivity index (χ3n) is 1.64. The Morgan fingerprint density at radius 2 is 2.15 bits per heavy atom. The second kappa shape index (κ2) is 5.19. The summed E-state index contributed by atoms with van der Waals surface area (Å²) in [5, 5.41) is 8.55. The molecule has 0 spiro atoms. The molecule has 13 heavy (non-hydrogen) atoms. The van der Waals surface area contributed by atoms with Crippen LogP contribution in [0, 0.1) is 0 Å². The third-order valence-corrected chi connectivity index (χ3v) is 1.64. The van der Waals surface area contributed by atoms with Crippen molar-refractivity contribution in [2.24, 2.45) is 5.73 Å².